The Morgan fingerprint density at radius 2 is 2.29 bits per heavy atom. The van der Waals surface area contributed by atoms with E-state index in [0.717, 1.165) is 25.1 Å². The highest BCUT2D eigenvalue weighted by Gasteiger charge is 2.22. The first-order chi connectivity index (χ1) is 10.1. The van der Waals surface area contributed by atoms with Crippen LogP contribution in [0.3, 0.4) is 0 Å². The summed E-state index contributed by atoms with van der Waals surface area (Å²) in [6.07, 6.45) is 2.13. The van der Waals surface area contributed by atoms with Gasteiger partial charge in [-0.05, 0) is 31.4 Å². The number of aryl methyl sites for hydroxylation is 3. The molecule has 6 heteroatoms. The van der Waals surface area contributed by atoms with Crippen molar-refractivity contribution in [2.24, 2.45) is 12.8 Å². The highest BCUT2D eigenvalue weighted by Crippen LogP contribution is 2.36. The first-order valence-electron chi connectivity index (χ1n) is 6.95. The van der Waals surface area contributed by atoms with Crippen LogP contribution in [-0.2, 0) is 13.5 Å². The van der Waals surface area contributed by atoms with E-state index in [2.05, 4.69) is 16.5 Å². The molecule has 6 nitrogen and oxygen atoms in total. The van der Waals surface area contributed by atoms with Crippen molar-refractivity contribution in [2.45, 2.75) is 19.8 Å². The number of anilines is 1. The minimum Gasteiger partial charge on any atom is -0.436 e. The van der Waals surface area contributed by atoms with Gasteiger partial charge in [-0.3, -0.25) is 4.79 Å². The second kappa shape index (κ2) is 5.12. The van der Waals surface area contributed by atoms with Crippen LogP contribution in [0.1, 0.15) is 28.0 Å². The van der Waals surface area contributed by atoms with Crippen molar-refractivity contribution in [3.63, 3.8) is 0 Å². The molecular weight excluding hydrogens is 268 g/mol. The molecule has 110 valence electrons. The zero-order valence-corrected chi connectivity index (χ0v) is 12.1. The van der Waals surface area contributed by atoms with Crippen molar-refractivity contribution in [3.05, 3.63) is 35.0 Å². The maximum absolute atomic E-state index is 11.6. The maximum atomic E-state index is 11.6. The van der Waals surface area contributed by atoms with Crippen molar-refractivity contribution >= 4 is 11.6 Å². The number of ether oxygens (including phenoxy) is 1. The average molecular weight is 286 g/mol. The molecular formula is C15H18N4O2. The lowest BCUT2D eigenvalue weighted by Crippen LogP contribution is -2.14. The van der Waals surface area contributed by atoms with Crippen LogP contribution in [0, 0.1) is 6.92 Å². The van der Waals surface area contributed by atoms with Gasteiger partial charge in [-0.25, -0.2) is 4.68 Å². The topological polar surface area (TPSA) is 82.2 Å². The molecule has 3 rings (SSSR count). The lowest BCUT2D eigenvalue weighted by Gasteiger charge is -2.21. The van der Waals surface area contributed by atoms with Gasteiger partial charge < -0.3 is 15.8 Å². The molecule has 0 radical (unpaired) electrons. The number of nitrogens with one attached hydrogen (secondary N) is 1. The molecule has 0 fully saturated rings. The van der Waals surface area contributed by atoms with Gasteiger partial charge in [0.25, 0.3) is 5.91 Å². The van der Waals surface area contributed by atoms with Crippen molar-refractivity contribution in [1.29, 1.82) is 0 Å². The molecule has 0 bridgehead atoms. The summed E-state index contributed by atoms with van der Waals surface area (Å²) in [6.45, 7) is 2.66. The predicted molar refractivity (Wildman–Crippen MR) is 79.8 cm³/mol. The predicted octanol–water partition coefficient (Wildman–Crippen LogP) is 1.98. The molecule has 1 aliphatic heterocycles. The number of nitrogens with two attached hydrogens (primary N) is 1. The summed E-state index contributed by atoms with van der Waals surface area (Å²) in [5.41, 5.74) is 8.53. The van der Waals surface area contributed by atoms with E-state index in [1.54, 1.807) is 14.0 Å². The van der Waals surface area contributed by atoms with Crippen LogP contribution in [0.5, 0.6) is 11.6 Å². The molecule has 1 aromatic heterocycles. The molecule has 0 saturated carbocycles. The molecule has 0 spiro atoms. The summed E-state index contributed by atoms with van der Waals surface area (Å²) in [5.74, 6) is 0.534. The largest absolute Gasteiger partial charge is 0.436 e. The SMILES string of the molecule is Cc1nn(C)c(Oc2cccc3c2NCCC3)c1C(N)=O. The zero-order chi connectivity index (χ0) is 15.0. The number of amides is 1. The number of benzene rings is 1. The van der Waals surface area contributed by atoms with Crippen molar-refractivity contribution in [3.8, 4) is 11.6 Å². The first kappa shape index (κ1) is 13.5. The van der Waals surface area contributed by atoms with Crippen LogP contribution in [-0.4, -0.2) is 22.2 Å². The fourth-order valence-electron chi connectivity index (χ4n) is 2.70. The van der Waals surface area contributed by atoms with Crippen molar-refractivity contribution in [1.82, 2.24) is 9.78 Å². The quantitative estimate of drug-likeness (QED) is 0.904. The molecule has 0 unspecified atom stereocenters. The number of aromatic nitrogens is 2. The van der Waals surface area contributed by atoms with Crippen LogP contribution in [0.4, 0.5) is 5.69 Å². The monoisotopic (exact) mass is 286 g/mol. The summed E-state index contributed by atoms with van der Waals surface area (Å²) < 4.78 is 7.50. The van der Waals surface area contributed by atoms with E-state index in [1.165, 1.54) is 10.2 Å². The molecule has 21 heavy (non-hydrogen) atoms. The van der Waals surface area contributed by atoms with Crippen molar-refractivity contribution in [2.75, 3.05) is 11.9 Å². The molecule has 1 aromatic carbocycles. The number of primary amides is 1. The minimum absolute atomic E-state index is 0.325. The standard InChI is InChI=1S/C15H18N4O2/c1-9-12(14(16)20)15(19(2)18-9)21-11-7-3-5-10-6-4-8-17-13(10)11/h3,5,7,17H,4,6,8H2,1-2H3,(H2,16,20). The third-order valence-electron chi connectivity index (χ3n) is 3.66. The number of carbonyl (C=O) groups is 1. The van der Waals surface area contributed by atoms with E-state index in [-0.39, 0.29) is 0 Å². The number of para-hydroxylation sites is 1. The van der Waals surface area contributed by atoms with Gasteiger partial charge in [-0.1, -0.05) is 12.1 Å². The van der Waals surface area contributed by atoms with E-state index in [0.29, 0.717) is 22.9 Å². The number of fused-ring (bicyclic) bond motifs is 1. The van der Waals surface area contributed by atoms with Gasteiger partial charge in [-0.15, -0.1) is 0 Å². The van der Waals surface area contributed by atoms with Gasteiger partial charge in [0.2, 0.25) is 5.88 Å². The van der Waals surface area contributed by atoms with Crippen LogP contribution < -0.4 is 15.8 Å². The third kappa shape index (κ3) is 2.33. The van der Waals surface area contributed by atoms with E-state index in [4.69, 9.17) is 10.5 Å². The van der Waals surface area contributed by atoms with Gasteiger partial charge in [-0.2, -0.15) is 5.10 Å². The molecule has 3 N–H and O–H groups in total. The Labute approximate surface area is 122 Å². The van der Waals surface area contributed by atoms with Crippen LogP contribution in [0.15, 0.2) is 18.2 Å². The Kier molecular flexibility index (Phi) is 3.29. The lowest BCUT2D eigenvalue weighted by molar-refractivity contribution is 0.0997. The third-order valence-corrected chi connectivity index (χ3v) is 3.66. The average Bonchev–Trinajstić information content (AvgIpc) is 2.73. The fourth-order valence-corrected chi connectivity index (χ4v) is 2.70. The summed E-state index contributed by atoms with van der Waals surface area (Å²) in [6, 6.07) is 5.91. The Hall–Kier alpha value is -2.50. The molecule has 2 heterocycles. The summed E-state index contributed by atoms with van der Waals surface area (Å²) in [4.78, 5) is 11.6. The summed E-state index contributed by atoms with van der Waals surface area (Å²) in [7, 11) is 1.73. The van der Waals surface area contributed by atoms with E-state index < -0.39 is 5.91 Å². The van der Waals surface area contributed by atoms with Crippen LogP contribution >= 0.6 is 0 Å². The normalized spacial score (nSPS) is 13.4. The minimum atomic E-state index is -0.534. The number of nitrogens with zero attached hydrogens (tertiary/aromatic N) is 2. The van der Waals surface area contributed by atoms with Crippen LogP contribution in [0.2, 0.25) is 0 Å². The van der Waals surface area contributed by atoms with Gasteiger partial charge in [0, 0.05) is 13.6 Å². The Morgan fingerprint density at radius 1 is 1.48 bits per heavy atom. The highest BCUT2D eigenvalue weighted by atomic mass is 16.5. The molecule has 1 aliphatic rings. The fraction of sp³-hybridized carbons (Fsp3) is 0.333. The van der Waals surface area contributed by atoms with Gasteiger partial charge in [0.1, 0.15) is 5.56 Å². The van der Waals surface area contributed by atoms with Gasteiger partial charge in [0.05, 0.1) is 11.4 Å². The number of carbonyl (C=O) groups excluding carboxylic acids is 1. The summed E-state index contributed by atoms with van der Waals surface area (Å²) in [5, 5.41) is 7.57. The second-order valence-corrected chi connectivity index (χ2v) is 5.18. The summed E-state index contributed by atoms with van der Waals surface area (Å²) >= 11 is 0. The van der Waals surface area contributed by atoms with E-state index in [9.17, 15) is 4.79 Å². The smallest absolute Gasteiger partial charge is 0.256 e. The van der Waals surface area contributed by atoms with E-state index in [1.807, 2.05) is 12.1 Å². The molecule has 0 atom stereocenters. The second-order valence-electron chi connectivity index (χ2n) is 5.18. The van der Waals surface area contributed by atoms with Gasteiger partial charge in [0.15, 0.2) is 5.75 Å². The Morgan fingerprint density at radius 3 is 3.05 bits per heavy atom. The molecule has 0 saturated heterocycles. The van der Waals surface area contributed by atoms with E-state index >= 15 is 0 Å². The molecule has 1 amide bonds. The number of hydrogen-bond acceptors (Lipinski definition) is 4. The van der Waals surface area contributed by atoms with Gasteiger partial charge >= 0.3 is 0 Å². The maximum Gasteiger partial charge on any atom is 0.256 e. The molecule has 2 aromatic rings. The highest BCUT2D eigenvalue weighted by molar-refractivity contribution is 5.96. The molecule has 0 aliphatic carbocycles. The number of rotatable bonds is 3. The lowest BCUT2D eigenvalue weighted by atomic mass is 10.0. The first-order valence-corrected chi connectivity index (χ1v) is 6.95. The van der Waals surface area contributed by atoms with Crippen LogP contribution in [0.25, 0.3) is 0 Å². The Balaban J connectivity index is 2.04. The zero-order valence-electron chi connectivity index (χ0n) is 12.1. The van der Waals surface area contributed by atoms with Crippen molar-refractivity contribution < 1.29 is 9.53 Å². The Bertz CT molecular complexity index is 706. The number of hydrogen-bond donors (Lipinski definition) is 2.